The molecule has 3 aliphatic heterocycles. The molecule has 5 rings (SSSR count). The molecule has 2 aromatic rings. The molecule has 3 saturated heterocycles. The van der Waals surface area contributed by atoms with E-state index >= 15 is 0 Å². The molecule has 0 spiro atoms. The van der Waals surface area contributed by atoms with E-state index in [-0.39, 0.29) is 11.9 Å². The Hall–Kier alpha value is -2.28. The van der Waals surface area contributed by atoms with Gasteiger partial charge in [-0.15, -0.1) is 0 Å². The van der Waals surface area contributed by atoms with E-state index in [1.807, 2.05) is 4.90 Å². The lowest BCUT2D eigenvalue weighted by Crippen LogP contribution is -2.60. The molecule has 3 fully saturated rings. The van der Waals surface area contributed by atoms with Crippen molar-refractivity contribution in [3.05, 3.63) is 53.2 Å². The van der Waals surface area contributed by atoms with E-state index in [9.17, 15) is 13.6 Å². The molecule has 29 heavy (non-hydrogen) atoms. The van der Waals surface area contributed by atoms with Gasteiger partial charge in [0.15, 0.2) is 12.1 Å². The van der Waals surface area contributed by atoms with Gasteiger partial charge in [-0.1, -0.05) is 0 Å². The Kier molecular flexibility index (Phi) is 4.65. The fourth-order valence-electron chi connectivity index (χ4n) is 5.76. The molecule has 7 heteroatoms. The molecule has 1 amide bonds. The minimum atomic E-state index is -0.515. The second-order valence-electron chi connectivity index (χ2n) is 8.74. The predicted molar refractivity (Wildman–Crippen MR) is 102 cm³/mol. The van der Waals surface area contributed by atoms with Crippen LogP contribution in [0.5, 0.6) is 0 Å². The third-order valence-corrected chi connectivity index (χ3v) is 6.89. The number of rotatable bonds is 2. The van der Waals surface area contributed by atoms with Crippen LogP contribution in [-0.4, -0.2) is 46.4 Å². The number of aromatic nitrogens is 1. The van der Waals surface area contributed by atoms with E-state index in [4.69, 9.17) is 4.42 Å². The van der Waals surface area contributed by atoms with Crippen molar-refractivity contribution in [3.8, 4) is 0 Å². The highest BCUT2D eigenvalue weighted by Gasteiger charge is 2.46. The Morgan fingerprint density at radius 3 is 2.66 bits per heavy atom. The summed E-state index contributed by atoms with van der Waals surface area (Å²) in [5.41, 5.74) is 1.14. The van der Waals surface area contributed by atoms with Crippen molar-refractivity contribution >= 4 is 5.91 Å². The van der Waals surface area contributed by atoms with E-state index < -0.39 is 11.6 Å². The van der Waals surface area contributed by atoms with Crippen LogP contribution in [-0.2, 0) is 0 Å². The Morgan fingerprint density at radius 2 is 1.93 bits per heavy atom. The third kappa shape index (κ3) is 3.35. The molecular formula is C22H25F2N3O2. The van der Waals surface area contributed by atoms with E-state index in [2.05, 4.69) is 9.88 Å². The first-order valence-corrected chi connectivity index (χ1v) is 10.4. The Morgan fingerprint density at radius 1 is 1.14 bits per heavy atom. The molecular weight excluding hydrogens is 376 g/mol. The van der Waals surface area contributed by atoms with Crippen molar-refractivity contribution < 1.29 is 18.0 Å². The van der Waals surface area contributed by atoms with Crippen LogP contribution in [0.3, 0.4) is 0 Å². The minimum absolute atomic E-state index is 0.0456. The lowest BCUT2D eigenvalue weighted by Gasteiger charge is -2.55. The van der Waals surface area contributed by atoms with Crippen LogP contribution in [0.25, 0.3) is 0 Å². The molecule has 1 aromatic heterocycles. The quantitative estimate of drug-likeness (QED) is 0.765. The van der Waals surface area contributed by atoms with Crippen molar-refractivity contribution in [1.82, 2.24) is 14.8 Å². The van der Waals surface area contributed by atoms with E-state index in [0.717, 1.165) is 43.9 Å². The van der Waals surface area contributed by atoms with Gasteiger partial charge in [0.2, 0.25) is 0 Å². The summed E-state index contributed by atoms with van der Waals surface area (Å²) in [5, 5.41) is 0. The van der Waals surface area contributed by atoms with Crippen molar-refractivity contribution in [2.24, 2.45) is 11.8 Å². The van der Waals surface area contributed by atoms with Gasteiger partial charge in [0, 0.05) is 37.8 Å². The Bertz CT molecular complexity index is 910. The first kappa shape index (κ1) is 18.7. The zero-order valence-corrected chi connectivity index (χ0v) is 16.5. The van der Waals surface area contributed by atoms with Gasteiger partial charge >= 0.3 is 0 Å². The number of benzene rings is 1. The highest BCUT2D eigenvalue weighted by atomic mass is 19.1. The summed E-state index contributed by atoms with van der Waals surface area (Å²) in [4.78, 5) is 21.4. The first-order chi connectivity index (χ1) is 14.0. The average Bonchev–Trinajstić information content (AvgIpc) is 3.12. The molecule has 3 aliphatic rings. The summed E-state index contributed by atoms with van der Waals surface area (Å²) in [5.74, 6) is 0.204. The molecule has 2 bridgehead atoms. The Balaban J connectivity index is 1.38. The second kappa shape index (κ2) is 7.20. The standard InChI is InChI=1S/C22H25F2N3O2/c1-13-21(25-12-29-13)22(28)26-9-14-5-16(11-26)20-4-2-3-19(27(20)10-14)15-6-17(23)8-18(24)7-15/h6-8,12,14,16,19-20H,2-5,9-11H2,1H3/t14-,16+,19+,20-/m0/s1. The number of amides is 1. The molecule has 0 unspecified atom stereocenters. The zero-order valence-electron chi connectivity index (χ0n) is 16.5. The van der Waals surface area contributed by atoms with Crippen molar-refractivity contribution in [2.75, 3.05) is 19.6 Å². The van der Waals surface area contributed by atoms with Crippen molar-refractivity contribution in [3.63, 3.8) is 0 Å². The van der Waals surface area contributed by atoms with Gasteiger partial charge in [0.25, 0.3) is 5.91 Å². The number of carbonyl (C=O) groups excluding carboxylic acids is 1. The number of fused-ring (bicyclic) bond motifs is 4. The molecule has 0 radical (unpaired) electrons. The zero-order chi connectivity index (χ0) is 20.1. The number of nitrogens with zero attached hydrogens (tertiary/aromatic N) is 3. The number of likely N-dealkylation sites (tertiary alicyclic amines) is 1. The molecule has 0 saturated carbocycles. The molecule has 5 nitrogen and oxygen atoms in total. The number of hydrogen-bond acceptors (Lipinski definition) is 4. The molecule has 4 atom stereocenters. The second-order valence-corrected chi connectivity index (χ2v) is 8.74. The maximum Gasteiger partial charge on any atom is 0.276 e. The summed E-state index contributed by atoms with van der Waals surface area (Å²) < 4.78 is 32.9. The van der Waals surface area contributed by atoms with Crippen LogP contribution in [0.1, 0.15) is 53.5 Å². The smallest absolute Gasteiger partial charge is 0.276 e. The van der Waals surface area contributed by atoms with Gasteiger partial charge in [-0.3, -0.25) is 9.69 Å². The maximum atomic E-state index is 13.8. The topological polar surface area (TPSA) is 49.6 Å². The average molecular weight is 401 g/mol. The number of halogens is 2. The maximum absolute atomic E-state index is 13.8. The van der Waals surface area contributed by atoms with Crippen LogP contribution in [0.4, 0.5) is 8.78 Å². The molecule has 0 N–H and O–H groups in total. The predicted octanol–water partition coefficient (Wildman–Crippen LogP) is 3.95. The first-order valence-electron chi connectivity index (χ1n) is 10.4. The summed E-state index contributed by atoms with van der Waals surface area (Å²) in [7, 11) is 0. The van der Waals surface area contributed by atoms with Crippen molar-refractivity contribution in [1.29, 1.82) is 0 Å². The van der Waals surface area contributed by atoms with Gasteiger partial charge in [0.05, 0.1) is 0 Å². The van der Waals surface area contributed by atoms with Crippen LogP contribution in [0.15, 0.2) is 29.0 Å². The van der Waals surface area contributed by atoms with Gasteiger partial charge < -0.3 is 9.32 Å². The molecule has 0 aliphatic carbocycles. The van der Waals surface area contributed by atoms with Crippen LogP contribution < -0.4 is 0 Å². The van der Waals surface area contributed by atoms with E-state index in [1.54, 1.807) is 6.92 Å². The summed E-state index contributed by atoms with van der Waals surface area (Å²) in [6.07, 6.45) is 5.43. The number of piperidine rings is 3. The van der Waals surface area contributed by atoms with Gasteiger partial charge in [-0.25, -0.2) is 13.8 Å². The number of aryl methyl sites for hydroxylation is 1. The lowest BCUT2D eigenvalue weighted by molar-refractivity contribution is -0.0513. The van der Waals surface area contributed by atoms with Gasteiger partial charge in [0.1, 0.15) is 17.4 Å². The van der Waals surface area contributed by atoms with Crippen LogP contribution in [0.2, 0.25) is 0 Å². The van der Waals surface area contributed by atoms with E-state index in [0.29, 0.717) is 42.4 Å². The summed E-state index contributed by atoms with van der Waals surface area (Å²) in [6, 6.07) is 4.27. The summed E-state index contributed by atoms with van der Waals surface area (Å²) in [6.45, 7) is 4.00. The van der Waals surface area contributed by atoms with Gasteiger partial charge in [-0.2, -0.15) is 0 Å². The number of oxazole rings is 1. The number of hydrogen-bond donors (Lipinski definition) is 0. The largest absolute Gasteiger partial charge is 0.448 e. The lowest BCUT2D eigenvalue weighted by atomic mass is 9.74. The van der Waals surface area contributed by atoms with Gasteiger partial charge in [-0.05, 0) is 62.1 Å². The molecule has 1 aromatic carbocycles. The van der Waals surface area contributed by atoms with Crippen molar-refractivity contribution in [2.45, 2.75) is 44.7 Å². The Labute approximate surface area is 168 Å². The van der Waals surface area contributed by atoms with Crippen LogP contribution >= 0.6 is 0 Å². The molecule has 154 valence electrons. The fourth-order valence-corrected chi connectivity index (χ4v) is 5.76. The van der Waals surface area contributed by atoms with E-state index in [1.165, 1.54) is 18.5 Å². The monoisotopic (exact) mass is 401 g/mol. The summed E-state index contributed by atoms with van der Waals surface area (Å²) >= 11 is 0. The fraction of sp³-hybridized carbons (Fsp3) is 0.545. The minimum Gasteiger partial charge on any atom is -0.448 e. The highest BCUT2D eigenvalue weighted by molar-refractivity contribution is 5.93. The normalized spacial score (nSPS) is 29.6. The molecule has 4 heterocycles. The third-order valence-electron chi connectivity index (χ3n) is 6.89. The van der Waals surface area contributed by atoms with Crippen LogP contribution in [0, 0.1) is 30.4 Å². The highest BCUT2D eigenvalue weighted by Crippen LogP contribution is 2.44. The SMILES string of the molecule is Cc1ocnc1C(=O)N1C[C@@H]2C[C@H](C1)[C@@H]1CCC[C@H](c3cc(F)cc(F)c3)N1C2. The number of carbonyl (C=O) groups is 1.